The minimum Gasteiger partial charge on any atom is -0.381 e. The lowest BCUT2D eigenvalue weighted by Crippen LogP contribution is -2.38. The van der Waals surface area contributed by atoms with Crippen molar-refractivity contribution >= 4 is 5.95 Å². The lowest BCUT2D eigenvalue weighted by atomic mass is 10.1. The van der Waals surface area contributed by atoms with Crippen LogP contribution in [-0.2, 0) is 16.0 Å². The fourth-order valence-electron chi connectivity index (χ4n) is 3.32. The van der Waals surface area contributed by atoms with E-state index in [0.717, 1.165) is 65.1 Å². The van der Waals surface area contributed by atoms with Crippen molar-refractivity contribution in [3.05, 3.63) is 18.0 Å². The van der Waals surface area contributed by atoms with Gasteiger partial charge in [-0.05, 0) is 32.2 Å². The molecule has 1 aromatic rings. The van der Waals surface area contributed by atoms with E-state index in [1.165, 1.54) is 5.56 Å². The highest BCUT2D eigenvalue weighted by Gasteiger charge is 2.20. The Labute approximate surface area is 138 Å². The van der Waals surface area contributed by atoms with Crippen molar-refractivity contribution in [1.82, 2.24) is 14.9 Å². The van der Waals surface area contributed by atoms with E-state index >= 15 is 0 Å². The Hall–Kier alpha value is -1.24. The van der Waals surface area contributed by atoms with Crippen LogP contribution in [0.5, 0.6) is 0 Å². The van der Waals surface area contributed by atoms with Crippen molar-refractivity contribution in [1.29, 1.82) is 0 Å². The summed E-state index contributed by atoms with van der Waals surface area (Å²) in [4.78, 5) is 11.4. The van der Waals surface area contributed by atoms with E-state index < -0.39 is 0 Å². The van der Waals surface area contributed by atoms with Crippen molar-refractivity contribution in [3.8, 4) is 0 Å². The molecule has 0 radical (unpaired) electrons. The maximum Gasteiger partial charge on any atom is 0.222 e. The van der Waals surface area contributed by atoms with Crippen LogP contribution in [0.2, 0.25) is 0 Å². The second-order valence-corrected chi connectivity index (χ2v) is 6.34. The van der Waals surface area contributed by atoms with E-state index in [9.17, 15) is 0 Å². The summed E-state index contributed by atoms with van der Waals surface area (Å²) in [5, 5.41) is 3.27. The number of ether oxygens (including phenoxy) is 2. The van der Waals surface area contributed by atoms with Crippen LogP contribution in [0.1, 0.15) is 38.2 Å². The molecule has 6 heteroatoms. The molecule has 6 nitrogen and oxygen atoms in total. The van der Waals surface area contributed by atoms with Crippen LogP contribution in [0, 0.1) is 0 Å². The predicted molar refractivity (Wildman–Crippen MR) is 89.4 cm³/mol. The zero-order valence-electron chi connectivity index (χ0n) is 14.0. The van der Waals surface area contributed by atoms with Crippen molar-refractivity contribution < 1.29 is 9.47 Å². The first-order valence-corrected chi connectivity index (χ1v) is 8.83. The molecule has 3 rings (SSSR count). The molecule has 2 saturated heterocycles. The predicted octanol–water partition coefficient (Wildman–Crippen LogP) is 2.07. The number of aromatic nitrogens is 2. The van der Waals surface area contributed by atoms with E-state index in [4.69, 9.17) is 9.47 Å². The summed E-state index contributed by atoms with van der Waals surface area (Å²) in [5.41, 5.74) is 1.17. The number of rotatable bonds is 7. The molecule has 0 amide bonds. The van der Waals surface area contributed by atoms with Crippen LogP contribution in [-0.4, -0.2) is 59.9 Å². The molecule has 0 aromatic carbocycles. The van der Waals surface area contributed by atoms with Gasteiger partial charge in [-0.25, -0.2) is 9.97 Å². The van der Waals surface area contributed by atoms with Crippen LogP contribution in [0.4, 0.5) is 5.95 Å². The second-order valence-electron chi connectivity index (χ2n) is 6.34. The quantitative estimate of drug-likeness (QED) is 0.830. The van der Waals surface area contributed by atoms with Gasteiger partial charge in [0, 0.05) is 56.9 Å². The van der Waals surface area contributed by atoms with Gasteiger partial charge in [-0.15, -0.1) is 0 Å². The van der Waals surface area contributed by atoms with Gasteiger partial charge in [0.05, 0.1) is 6.10 Å². The minimum atomic E-state index is 0.308. The lowest BCUT2D eigenvalue weighted by Gasteiger charge is -2.33. The molecular formula is C17H28N4O2. The van der Waals surface area contributed by atoms with Crippen LogP contribution in [0.15, 0.2) is 12.4 Å². The van der Waals surface area contributed by atoms with Crippen molar-refractivity contribution in [2.75, 3.05) is 38.2 Å². The van der Waals surface area contributed by atoms with Gasteiger partial charge in [0.25, 0.3) is 0 Å². The number of nitrogens with one attached hydrogen (secondary N) is 1. The van der Waals surface area contributed by atoms with Gasteiger partial charge in [0.2, 0.25) is 5.95 Å². The van der Waals surface area contributed by atoms with Gasteiger partial charge in [0.1, 0.15) is 0 Å². The van der Waals surface area contributed by atoms with Crippen LogP contribution in [0.25, 0.3) is 0 Å². The highest BCUT2D eigenvalue weighted by atomic mass is 16.5. The fraction of sp³-hybridized carbons (Fsp3) is 0.765. The number of anilines is 1. The molecule has 1 N–H and O–H groups in total. The van der Waals surface area contributed by atoms with Gasteiger partial charge in [-0.2, -0.15) is 0 Å². The maximum absolute atomic E-state index is 5.60. The molecular weight excluding hydrogens is 292 g/mol. The molecule has 0 bridgehead atoms. The molecule has 1 atom stereocenters. The van der Waals surface area contributed by atoms with Gasteiger partial charge in [-0.3, -0.25) is 4.90 Å². The first-order chi connectivity index (χ1) is 11.3. The van der Waals surface area contributed by atoms with Gasteiger partial charge in [-0.1, -0.05) is 6.92 Å². The maximum atomic E-state index is 5.60. The summed E-state index contributed by atoms with van der Waals surface area (Å²) in [6.07, 6.45) is 8.71. The highest BCUT2D eigenvalue weighted by Crippen LogP contribution is 2.17. The molecule has 128 valence electrons. The van der Waals surface area contributed by atoms with Crippen LogP contribution < -0.4 is 5.32 Å². The summed E-state index contributed by atoms with van der Waals surface area (Å²) in [6, 6.07) is 0.617. The number of hydrogen-bond donors (Lipinski definition) is 1. The third-order valence-corrected chi connectivity index (χ3v) is 4.72. The first kappa shape index (κ1) is 16.6. The largest absolute Gasteiger partial charge is 0.381 e. The molecule has 0 spiro atoms. The number of nitrogens with zero attached hydrogens (tertiary/aromatic N) is 3. The van der Waals surface area contributed by atoms with Gasteiger partial charge < -0.3 is 14.8 Å². The Bertz CT molecular complexity index is 456. The van der Waals surface area contributed by atoms with E-state index in [0.29, 0.717) is 18.1 Å². The SMILES string of the molecule is CCN(Cc1cnc(NC[C@@H]2CCCO2)nc1)C1CCOCC1. The smallest absolute Gasteiger partial charge is 0.222 e. The third kappa shape index (κ3) is 4.86. The summed E-state index contributed by atoms with van der Waals surface area (Å²) in [6.45, 7) is 7.60. The average Bonchev–Trinajstić information content (AvgIpc) is 3.13. The number of hydrogen-bond acceptors (Lipinski definition) is 6. The Morgan fingerprint density at radius 3 is 2.61 bits per heavy atom. The van der Waals surface area contributed by atoms with E-state index in [2.05, 4.69) is 27.1 Å². The van der Waals surface area contributed by atoms with Crippen molar-refractivity contribution in [2.24, 2.45) is 0 Å². The molecule has 0 aliphatic carbocycles. The molecule has 2 fully saturated rings. The summed E-state index contributed by atoms with van der Waals surface area (Å²) in [5.74, 6) is 0.693. The van der Waals surface area contributed by atoms with E-state index in [1.807, 2.05) is 12.4 Å². The molecule has 2 aliphatic rings. The zero-order chi connectivity index (χ0) is 15.9. The van der Waals surface area contributed by atoms with Crippen LogP contribution >= 0.6 is 0 Å². The molecule has 1 aromatic heterocycles. The summed E-state index contributed by atoms with van der Waals surface area (Å²) >= 11 is 0. The van der Waals surface area contributed by atoms with E-state index in [1.54, 1.807) is 0 Å². The molecule has 0 unspecified atom stereocenters. The normalized spacial score (nSPS) is 22.6. The van der Waals surface area contributed by atoms with Gasteiger partial charge >= 0.3 is 0 Å². The zero-order valence-corrected chi connectivity index (χ0v) is 14.0. The average molecular weight is 320 g/mol. The standard InChI is InChI=1S/C17H28N4O2/c1-2-21(15-5-8-22-9-6-15)13-14-10-18-17(19-11-14)20-12-16-4-3-7-23-16/h10-11,15-16H,2-9,12-13H2,1H3,(H,18,19,20)/t16-/m0/s1. The molecule has 3 heterocycles. The Morgan fingerprint density at radius 2 is 1.96 bits per heavy atom. The minimum absolute atomic E-state index is 0.308. The van der Waals surface area contributed by atoms with E-state index in [-0.39, 0.29) is 0 Å². The Morgan fingerprint density at radius 1 is 1.17 bits per heavy atom. The molecule has 2 aliphatic heterocycles. The first-order valence-electron chi connectivity index (χ1n) is 8.83. The van der Waals surface area contributed by atoms with Crippen molar-refractivity contribution in [2.45, 2.75) is 51.3 Å². The third-order valence-electron chi connectivity index (χ3n) is 4.72. The van der Waals surface area contributed by atoms with Crippen molar-refractivity contribution in [3.63, 3.8) is 0 Å². The topological polar surface area (TPSA) is 59.5 Å². The Kier molecular flexibility index (Phi) is 6.19. The Balaban J connectivity index is 1.49. The molecule has 0 saturated carbocycles. The van der Waals surface area contributed by atoms with Gasteiger partial charge in [0.15, 0.2) is 0 Å². The second kappa shape index (κ2) is 8.57. The lowest BCUT2D eigenvalue weighted by molar-refractivity contribution is 0.0329. The fourth-order valence-corrected chi connectivity index (χ4v) is 3.32. The monoisotopic (exact) mass is 320 g/mol. The summed E-state index contributed by atoms with van der Waals surface area (Å²) < 4.78 is 11.1. The van der Waals surface area contributed by atoms with Crippen LogP contribution in [0.3, 0.4) is 0 Å². The summed E-state index contributed by atoms with van der Waals surface area (Å²) in [7, 11) is 0. The highest BCUT2D eigenvalue weighted by molar-refractivity contribution is 5.25. The molecule has 23 heavy (non-hydrogen) atoms.